The van der Waals surface area contributed by atoms with Gasteiger partial charge in [-0.2, -0.15) is 0 Å². The number of ether oxygens (including phenoxy) is 2. The molecule has 1 amide bonds. The summed E-state index contributed by atoms with van der Waals surface area (Å²) >= 11 is 5.47. The van der Waals surface area contributed by atoms with Gasteiger partial charge in [0.15, 0.2) is 0 Å². The quantitative estimate of drug-likeness (QED) is 0.598. The number of esters is 1. The highest BCUT2D eigenvalue weighted by molar-refractivity contribution is 6.18. The zero-order chi connectivity index (χ0) is 11.0. The van der Waals surface area contributed by atoms with E-state index in [2.05, 4.69) is 10.1 Å². The second kappa shape index (κ2) is 9.86. The van der Waals surface area contributed by atoms with Crippen molar-refractivity contribution in [3.8, 4) is 0 Å². The van der Waals surface area contributed by atoms with Crippen molar-refractivity contribution in [1.82, 2.24) is 5.32 Å². The van der Waals surface area contributed by atoms with E-state index in [4.69, 9.17) is 16.3 Å². The molecule has 0 aliphatic carbocycles. The van der Waals surface area contributed by atoms with Crippen LogP contribution in [0.25, 0.3) is 0 Å². The predicted molar refractivity (Wildman–Crippen MR) is 58.5 cm³/mol. The molecule has 0 fully saturated rings. The van der Waals surface area contributed by atoms with Crippen molar-refractivity contribution in [2.75, 3.05) is 19.6 Å². The molecular formula is C8H15Cl2NO4. The van der Waals surface area contributed by atoms with E-state index in [0.29, 0.717) is 6.42 Å². The fourth-order valence-corrected chi connectivity index (χ4v) is 1.02. The van der Waals surface area contributed by atoms with E-state index in [1.54, 1.807) is 6.92 Å². The highest BCUT2D eigenvalue weighted by Gasteiger charge is 2.21. The van der Waals surface area contributed by atoms with Crippen molar-refractivity contribution < 1.29 is 19.1 Å². The van der Waals surface area contributed by atoms with Crippen molar-refractivity contribution in [3.63, 3.8) is 0 Å². The normalized spacial score (nSPS) is 10.9. The number of rotatable bonds is 5. The highest BCUT2D eigenvalue weighted by Crippen LogP contribution is 1.98. The Labute approximate surface area is 99.9 Å². The third-order valence-electron chi connectivity index (χ3n) is 1.45. The maximum absolute atomic E-state index is 11.2. The maximum Gasteiger partial charge on any atom is 0.407 e. The van der Waals surface area contributed by atoms with Crippen molar-refractivity contribution in [3.05, 3.63) is 0 Å². The zero-order valence-corrected chi connectivity index (χ0v) is 10.2. The Morgan fingerprint density at radius 3 is 2.47 bits per heavy atom. The number of halogens is 2. The van der Waals surface area contributed by atoms with Crippen LogP contribution in [0, 0.1) is 0 Å². The monoisotopic (exact) mass is 259 g/mol. The van der Waals surface area contributed by atoms with E-state index >= 15 is 0 Å². The molecule has 0 aliphatic rings. The summed E-state index contributed by atoms with van der Waals surface area (Å²) in [7, 11) is 1.22. The summed E-state index contributed by atoms with van der Waals surface area (Å²) in [6.45, 7) is 1.95. The largest absolute Gasteiger partial charge is 0.464 e. The number of methoxy groups -OCH3 is 1. The summed E-state index contributed by atoms with van der Waals surface area (Å²) in [6, 6.07) is -0.736. The van der Waals surface area contributed by atoms with Crippen LogP contribution in [0.1, 0.15) is 13.3 Å². The van der Waals surface area contributed by atoms with E-state index in [9.17, 15) is 9.59 Å². The first kappa shape index (κ1) is 16.7. The van der Waals surface area contributed by atoms with E-state index in [-0.39, 0.29) is 24.9 Å². The number of carbonyl (C=O) groups is 2. The lowest BCUT2D eigenvalue weighted by Gasteiger charge is -2.14. The zero-order valence-electron chi connectivity index (χ0n) is 8.62. The molecule has 0 aromatic heterocycles. The average Bonchev–Trinajstić information content (AvgIpc) is 2.17. The molecule has 0 aliphatic heterocycles. The SMILES string of the molecule is CCOC(=O)C(CCCl)NC(=O)OC.Cl. The topological polar surface area (TPSA) is 64.6 Å². The van der Waals surface area contributed by atoms with Gasteiger partial charge in [-0.1, -0.05) is 0 Å². The molecule has 0 rings (SSSR count). The van der Waals surface area contributed by atoms with Crippen molar-refractivity contribution in [2.45, 2.75) is 19.4 Å². The summed E-state index contributed by atoms with van der Waals surface area (Å²) in [5.41, 5.74) is 0. The Morgan fingerprint density at radius 2 is 2.07 bits per heavy atom. The minimum absolute atomic E-state index is 0. The Bertz CT molecular complexity index is 201. The molecule has 0 aromatic rings. The molecule has 0 spiro atoms. The Morgan fingerprint density at radius 1 is 1.47 bits per heavy atom. The lowest BCUT2D eigenvalue weighted by molar-refractivity contribution is -0.145. The van der Waals surface area contributed by atoms with Crippen LogP contribution in [-0.4, -0.2) is 37.7 Å². The second-order valence-electron chi connectivity index (χ2n) is 2.42. The van der Waals surface area contributed by atoms with Gasteiger partial charge in [0.05, 0.1) is 13.7 Å². The van der Waals surface area contributed by atoms with Crippen LogP contribution < -0.4 is 5.32 Å². The Hall–Kier alpha value is -0.680. The smallest absolute Gasteiger partial charge is 0.407 e. The van der Waals surface area contributed by atoms with Crippen LogP contribution in [0.2, 0.25) is 0 Å². The fourth-order valence-electron chi connectivity index (χ4n) is 0.802. The van der Waals surface area contributed by atoms with Crippen LogP contribution in [-0.2, 0) is 14.3 Å². The van der Waals surface area contributed by atoms with Crippen LogP contribution >= 0.6 is 24.0 Å². The standard InChI is InChI=1S/C8H14ClNO4.ClH/c1-3-14-7(11)6(4-5-9)10-8(12)13-2;/h6H,3-5H2,1-2H3,(H,10,12);1H. The van der Waals surface area contributed by atoms with Gasteiger partial charge >= 0.3 is 12.1 Å². The summed E-state index contributed by atoms with van der Waals surface area (Å²) in [5, 5.41) is 2.33. The van der Waals surface area contributed by atoms with Crippen LogP contribution in [0.3, 0.4) is 0 Å². The van der Waals surface area contributed by atoms with E-state index in [0.717, 1.165) is 0 Å². The van der Waals surface area contributed by atoms with Gasteiger partial charge in [0.1, 0.15) is 6.04 Å². The number of carbonyl (C=O) groups excluding carboxylic acids is 2. The van der Waals surface area contributed by atoms with Crippen molar-refractivity contribution in [1.29, 1.82) is 0 Å². The van der Waals surface area contributed by atoms with Gasteiger partial charge in [-0.15, -0.1) is 24.0 Å². The Balaban J connectivity index is 0. The molecule has 0 bridgehead atoms. The maximum atomic E-state index is 11.2. The first-order valence-corrected chi connectivity index (χ1v) is 4.76. The molecule has 1 N–H and O–H groups in total. The summed E-state index contributed by atoms with van der Waals surface area (Å²) in [6.07, 6.45) is -0.358. The molecule has 0 aromatic carbocycles. The molecule has 5 nitrogen and oxygen atoms in total. The van der Waals surface area contributed by atoms with Gasteiger partial charge in [-0.25, -0.2) is 9.59 Å². The molecule has 1 unspecified atom stereocenters. The van der Waals surface area contributed by atoms with Crippen molar-refractivity contribution >= 4 is 36.1 Å². The van der Waals surface area contributed by atoms with Gasteiger partial charge in [0, 0.05) is 5.88 Å². The lowest BCUT2D eigenvalue weighted by Crippen LogP contribution is -2.42. The summed E-state index contributed by atoms with van der Waals surface area (Å²) < 4.78 is 9.09. The third kappa shape index (κ3) is 7.27. The lowest BCUT2D eigenvalue weighted by atomic mass is 10.2. The van der Waals surface area contributed by atoms with Gasteiger partial charge in [-0.05, 0) is 13.3 Å². The molecular weight excluding hydrogens is 245 g/mol. The number of amides is 1. The van der Waals surface area contributed by atoms with Gasteiger partial charge in [0.2, 0.25) is 0 Å². The molecule has 15 heavy (non-hydrogen) atoms. The molecule has 0 saturated heterocycles. The molecule has 0 heterocycles. The Kier molecular flexibility index (Phi) is 11.0. The van der Waals surface area contributed by atoms with Gasteiger partial charge < -0.3 is 14.8 Å². The average molecular weight is 260 g/mol. The fraction of sp³-hybridized carbons (Fsp3) is 0.750. The molecule has 1 atom stereocenters. The summed E-state index contributed by atoms with van der Waals surface area (Å²) in [4.78, 5) is 22.1. The molecule has 0 saturated carbocycles. The second-order valence-corrected chi connectivity index (χ2v) is 2.80. The first-order valence-electron chi connectivity index (χ1n) is 4.22. The van der Waals surface area contributed by atoms with E-state index in [1.165, 1.54) is 7.11 Å². The summed E-state index contributed by atoms with van der Waals surface area (Å²) in [5.74, 6) is -0.244. The van der Waals surface area contributed by atoms with E-state index < -0.39 is 18.1 Å². The minimum Gasteiger partial charge on any atom is -0.464 e. The van der Waals surface area contributed by atoms with E-state index in [1.807, 2.05) is 0 Å². The highest BCUT2D eigenvalue weighted by atomic mass is 35.5. The van der Waals surface area contributed by atoms with Crippen LogP contribution in [0.4, 0.5) is 4.79 Å². The first-order chi connectivity index (χ1) is 6.65. The molecule has 7 heteroatoms. The predicted octanol–water partition coefficient (Wildman–Crippen LogP) is 1.32. The molecule has 0 radical (unpaired) electrons. The number of alkyl halides is 1. The minimum atomic E-state index is -0.736. The van der Waals surface area contributed by atoms with Gasteiger partial charge in [-0.3, -0.25) is 0 Å². The number of hydrogen-bond acceptors (Lipinski definition) is 4. The number of hydrogen-bond donors (Lipinski definition) is 1. The number of nitrogens with one attached hydrogen (secondary N) is 1. The van der Waals surface area contributed by atoms with Crippen molar-refractivity contribution in [2.24, 2.45) is 0 Å². The number of alkyl carbamates (subject to hydrolysis) is 1. The van der Waals surface area contributed by atoms with Gasteiger partial charge in [0.25, 0.3) is 0 Å². The van der Waals surface area contributed by atoms with Crippen LogP contribution in [0.5, 0.6) is 0 Å². The van der Waals surface area contributed by atoms with Crippen LogP contribution in [0.15, 0.2) is 0 Å². The third-order valence-corrected chi connectivity index (χ3v) is 1.66. The molecule has 90 valence electrons.